The van der Waals surface area contributed by atoms with Gasteiger partial charge in [0.1, 0.15) is 5.60 Å². The highest BCUT2D eigenvalue weighted by molar-refractivity contribution is 5.89. The number of fused-ring (bicyclic) bond motifs is 1. The number of amides is 2. The van der Waals surface area contributed by atoms with Crippen LogP contribution in [0.15, 0.2) is 30.5 Å². The Morgan fingerprint density at radius 1 is 1.21 bits per heavy atom. The first-order valence-electron chi connectivity index (χ1n) is 10.0. The van der Waals surface area contributed by atoms with Crippen LogP contribution in [0.1, 0.15) is 45.6 Å². The molecule has 1 aromatic heterocycles. The molecule has 0 radical (unpaired) electrons. The van der Waals surface area contributed by atoms with E-state index in [-0.39, 0.29) is 11.9 Å². The number of para-hydroxylation sites is 1. The Labute approximate surface area is 166 Å². The van der Waals surface area contributed by atoms with Gasteiger partial charge in [-0.05, 0) is 51.7 Å². The van der Waals surface area contributed by atoms with Crippen LogP contribution in [-0.4, -0.2) is 46.2 Å². The zero-order valence-corrected chi connectivity index (χ0v) is 17.3. The molecule has 0 saturated carbocycles. The van der Waals surface area contributed by atoms with Crippen molar-refractivity contribution in [3.63, 3.8) is 0 Å². The van der Waals surface area contributed by atoms with Gasteiger partial charge < -0.3 is 19.5 Å². The lowest BCUT2D eigenvalue weighted by Crippen LogP contribution is -2.50. The molecule has 0 spiro atoms. The first kappa shape index (κ1) is 20.2. The van der Waals surface area contributed by atoms with Gasteiger partial charge in [0.15, 0.2) is 0 Å². The zero-order chi connectivity index (χ0) is 20.3. The number of aromatic nitrogens is 1. The minimum absolute atomic E-state index is 0.0174. The Balaban J connectivity index is 1.66. The summed E-state index contributed by atoms with van der Waals surface area (Å²) in [5.41, 5.74) is 1.65. The number of rotatable bonds is 4. The molecule has 2 amide bonds. The van der Waals surface area contributed by atoms with Gasteiger partial charge in [-0.1, -0.05) is 18.2 Å². The summed E-state index contributed by atoms with van der Waals surface area (Å²) >= 11 is 0. The molecular weight excluding hydrogens is 354 g/mol. The van der Waals surface area contributed by atoms with E-state index in [0.717, 1.165) is 42.3 Å². The van der Waals surface area contributed by atoms with Crippen LogP contribution in [0.4, 0.5) is 4.79 Å². The second-order valence-electron chi connectivity index (χ2n) is 8.58. The van der Waals surface area contributed by atoms with Gasteiger partial charge in [-0.15, -0.1) is 0 Å². The fourth-order valence-corrected chi connectivity index (χ4v) is 3.89. The first-order valence-corrected chi connectivity index (χ1v) is 10.0. The Morgan fingerprint density at radius 2 is 1.96 bits per heavy atom. The predicted molar refractivity (Wildman–Crippen MR) is 110 cm³/mol. The summed E-state index contributed by atoms with van der Waals surface area (Å²) in [6, 6.07) is 8.17. The fourth-order valence-electron chi connectivity index (χ4n) is 3.89. The van der Waals surface area contributed by atoms with Crippen LogP contribution in [0.2, 0.25) is 0 Å². The second-order valence-corrected chi connectivity index (χ2v) is 8.58. The van der Waals surface area contributed by atoms with E-state index in [1.165, 1.54) is 0 Å². The number of aryl methyl sites for hydroxylation is 1. The number of likely N-dealkylation sites (tertiary alicyclic amines) is 1. The fraction of sp³-hybridized carbons (Fsp3) is 0.545. The Kier molecular flexibility index (Phi) is 5.96. The number of carbonyl (C=O) groups excluding carboxylic acids is 2. The molecule has 2 heterocycles. The third kappa shape index (κ3) is 4.86. The largest absolute Gasteiger partial charge is 0.444 e. The van der Waals surface area contributed by atoms with Crippen molar-refractivity contribution in [1.82, 2.24) is 14.8 Å². The van der Waals surface area contributed by atoms with Crippen molar-refractivity contribution < 1.29 is 14.3 Å². The summed E-state index contributed by atoms with van der Waals surface area (Å²) in [6.07, 6.45) is 4.96. The maximum absolute atomic E-state index is 13.1. The number of nitrogens with zero attached hydrogens (tertiary/aromatic N) is 2. The van der Waals surface area contributed by atoms with Crippen molar-refractivity contribution in [1.29, 1.82) is 0 Å². The molecule has 3 rings (SSSR count). The quantitative estimate of drug-likeness (QED) is 0.874. The normalized spacial score (nSPS) is 17.6. The average molecular weight is 386 g/mol. The number of benzene rings is 1. The predicted octanol–water partition coefficient (Wildman–Crippen LogP) is 3.63. The molecule has 1 N–H and O–H groups in total. The number of carbonyl (C=O) groups is 2. The van der Waals surface area contributed by atoms with Crippen LogP contribution in [-0.2, 0) is 23.0 Å². The van der Waals surface area contributed by atoms with Gasteiger partial charge in [0.2, 0.25) is 5.91 Å². The van der Waals surface area contributed by atoms with Gasteiger partial charge in [0, 0.05) is 43.3 Å². The topological polar surface area (TPSA) is 63.6 Å². The van der Waals surface area contributed by atoms with Gasteiger partial charge >= 0.3 is 6.09 Å². The monoisotopic (exact) mass is 385 g/mol. The van der Waals surface area contributed by atoms with Gasteiger partial charge in [-0.25, -0.2) is 4.79 Å². The molecule has 6 heteroatoms. The molecule has 28 heavy (non-hydrogen) atoms. The molecule has 0 aliphatic carbocycles. The van der Waals surface area contributed by atoms with Gasteiger partial charge in [-0.3, -0.25) is 4.79 Å². The summed E-state index contributed by atoms with van der Waals surface area (Å²) < 4.78 is 7.38. The minimum atomic E-state index is -0.527. The van der Waals surface area contributed by atoms with E-state index in [0.29, 0.717) is 13.0 Å². The number of alkyl carbamates (subject to hydrolysis) is 1. The molecule has 1 fully saturated rings. The van der Waals surface area contributed by atoms with E-state index in [1.54, 1.807) is 0 Å². The Morgan fingerprint density at radius 3 is 2.71 bits per heavy atom. The molecule has 1 unspecified atom stereocenters. The van der Waals surface area contributed by atoms with Gasteiger partial charge in [0.25, 0.3) is 0 Å². The highest BCUT2D eigenvalue weighted by Gasteiger charge is 2.28. The third-order valence-corrected chi connectivity index (χ3v) is 5.15. The molecule has 152 valence electrons. The smallest absolute Gasteiger partial charge is 0.407 e. The van der Waals surface area contributed by atoms with Crippen LogP contribution in [0.5, 0.6) is 0 Å². The molecular formula is C22H31N3O3. The van der Waals surface area contributed by atoms with E-state index >= 15 is 0 Å². The Hall–Kier alpha value is -2.50. The molecule has 1 saturated heterocycles. The van der Waals surface area contributed by atoms with E-state index in [9.17, 15) is 9.59 Å². The van der Waals surface area contributed by atoms with E-state index < -0.39 is 11.7 Å². The molecule has 2 aromatic rings. The summed E-state index contributed by atoms with van der Waals surface area (Å²) in [7, 11) is 2.00. The lowest BCUT2D eigenvalue weighted by atomic mass is 10.0. The SMILES string of the molecule is Cn1cc(CC(=O)N2CCCCC2CNC(=O)OC(C)(C)C)c2ccccc21. The van der Waals surface area contributed by atoms with E-state index in [4.69, 9.17) is 4.74 Å². The molecule has 1 aliphatic rings. The number of hydrogen-bond acceptors (Lipinski definition) is 3. The highest BCUT2D eigenvalue weighted by Crippen LogP contribution is 2.23. The molecule has 6 nitrogen and oxygen atoms in total. The van der Waals surface area contributed by atoms with Crippen LogP contribution < -0.4 is 5.32 Å². The van der Waals surface area contributed by atoms with Crippen molar-refractivity contribution in [2.45, 2.75) is 58.1 Å². The number of hydrogen-bond donors (Lipinski definition) is 1. The molecule has 0 bridgehead atoms. The number of piperidine rings is 1. The molecule has 1 atom stereocenters. The van der Waals surface area contributed by atoms with Gasteiger partial charge in [-0.2, -0.15) is 0 Å². The average Bonchev–Trinajstić information content (AvgIpc) is 2.95. The van der Waals surface area contributed by atoms with Crippen LogP contribution >= 0.6 is 0 Å². The van der Waals surface area contributed by atoms with Crippen LogP contribution in [0.3, 0.4) is 0 Å². The van der Waals surface area contributed by atoms with Crippen molar-refractivity contribution in [3.05, 3.63) is 36.0 Å². The number of nitrogens with one attached hydrogen (secondary N) is 1. The third-order valence-electron chi connectivity index (χ3n) is 5.15. The summed E-state index contributed by atoms with van der Waals surface area (Å²) in [5, 5.41) is 3.96. The van der Waals surface area contributed by atoms with Crippen molar-refractivity contribution in [2.24, 2.45) is 7.05 Å². The highest BCUT2D eigenvalue weighted by atomic mass is 16.6. The summed E-state index contributed by atoms with van der Waals surface area (Å²) in [5.74, 6) is 0.118. The van der Waals surface area contributed by atoms with E-state index in [1.807, 2.05) is 51.0 Å². The number of ether oxygens (including phenoxy) is 1. The Bertz CT molecular complexity index is 850. The van der Waals surface area contributed by atoms with Crippen molar-refractivity contribution >= 4 is 22.9 Å². The standard InChI is InChI=1S/C22H31N3O3/c1-22(2,3)28-21(27)23-14-17-9-7-8-12-25(17)20(26)13-16-15-24(4)19-11-6-5-10-18(16)19/h5-6,10-11,15,17H,7-9,12-14H2,1-4H3,(H,23,27). The zero-order valence-electron chi connectivity index (χ0n) is 17.3. The first-order chi connectivity index (χ1) is 13.2. The molecule has 1 aromatic carbocycles. The van der Waals surface area contributed by atoms with Crippen LogP contribution in [0, 0.1) is 0 Å². The van der Waals surface area contributed by atoms with Crippen LogP contribution in [0.25, 0.3) is 10.9 Å². The lowest BCUT2D eigenvalue weighted by molar-refractivity contribution is -0.134. The maximum atomic E-state index is 13.1. The summed E-state index contributed by atoms with van der Waals surface area (Å²) in [6.45, 7) is 6.69. The minimum Gasteiger partial charge on any atom is -0.444 e. The summed E-state index contributed by atoms with van der Waals surface area (Å²) in [4.78, 5) is 27.0. The van der Waals surface area contributed by atoms with Crippen molar-refractivity contribution in [3.8, 4) is 0 Å². The van der Waals surface area contributed by atoms with Crippen molar-refractivity contribution in [2.75, 3.05) is 13.1 Å². The lowest BCUT2D eigenvalue weighted by Gasteiger charge is -2.36. The van der Waals surface area contributed by atoms with E-state index in [2.05, 4.69) is 22.0 Å². The molecule has 1 aliphatic heterocycles. The van der Waals surface area contributed by atoms with Gasteiger partial charge in [0.05, 0.1) is 6.42 Å². The second kappa shape index (κ2) is 8.25. The maximum Gasteiger partial charge on any atom is 0.407 e.